The molecule has 0 aliphatic carbocycles. The quantitative estimate of drug-likeness (QED) is 0.581. The van der Waals surface area contributed by atoms with Crippen LogP contribution in [0.2, 0.25) is 0 Å². The van der Waals surface area contributed by atoms with Crippen LogP contribution in [0.3, 0.4) is 0 Å². The minimum atomic E-state index is -3.21. The molecule has 8 heteroatoms. The summed E-state index contributed by atoms with van der Waals surface area (Å²) in [5, 5.41) is 0. The lowest BCUT2D eigenvalue weighted by Crippen LogP contribution is -2.39. The average molecular weight is 441 g/mol. The Labute approximate surface area is 181 Å². The summed E-state index contributed by atoms with van der Waals surface area (Å²) in [4.78, 5) is 18.9. The molecule has 31 heavy (non-hydrogen) atoms. The average Bonchev–Trinajstić information content (AvgIpc) is 3.32. The van der Waals surface area contributed by atoms with E-state index in [0.29, 0.717) is 37.1 Å². The lowest BCUT2D eigenvalue weighted by Gasteiger charge is -2.31. The van der Waals surface area contributed by atoms with Crippen molar-refractivity contribution in [3.05, 3.63) is 66.8 Å². The fraction of sp³-hybridized carbons (Fsp3) is 0.304. The number of sulfone groups is 1. The highest BCUT2D eigenvalue weighted by molar-refractivity contribution is 7.90. The van der Waals surface area contributed by atoms with Gasteiger partial charge in [-0.25, -0.2) is 8.42 Å². The lowest BCUT2D eigenvalue weighted by atomic mass is 9.97. The van der Waals surface area contributed by atoms with Crippen molar-refractivity contribution in [3.63, 3.8) is 0 Å². The van der Waals surface area contributed by atoms with Crippen molar-refractivity contribution in [1.29, 1.82) is 0 Å². The molecule has 1 amide bonds. The second-order valence-corrected chi connectivity index (χ2v) is 9.72. The zero-order chi connectivity index (χ0) is 21.8. The van der Waals surface area contributed by atoms with Crippen molar-refractivity contribution in [3.8, 4) is 17.0 Å². The maximum absolute atomic E-state index is 12.3. The number of hydrogen-bond acceptors (Lipinski definition) is 6. The Hall–Kier alpha value is -3.13. The second kappa shape index (κ2) is 8.93. The number of benzene rings is 1. The SMILES string of the molecule is CS(=O)(=O)c1ccc(-c2ccc(OCC3CCN(C(=O)c4ccco4)CC3)cn2)cc1. The number of ether oxygens (including phenoxy) is 1. The van der Waals surface area contributed by atoms with Crippen molar-refractivity contribution < 1.29 is 22.4 Å². The molecule has 4 rings (SSSR count). The fourth-order valence-corrected chi connectivity index (χ4v) is 4.21. The number of likely N-dealkylation sites (tertiary alicyclic amines) is 1. The van der Waals surface area contributed by atoms with Crippen LogP contribution in [-0.2, 0) is 9.84 Å². The van der Waals surface area contributed by atoms with Gasteiger partial charge in [0.15, 0.2) is 15.6 Å². The highest BCUT2D eigenvalue weighted by Gasteiger charge is 2.25. The molecular weight excluding hydrogens is 416 g/mol. The molecule has 0 atom stereocenters. The molecule has 1 fully saturated rings. The van der Waals surface area contributed by atoms with Crippen molar-refractivity contribution in [2.45, 2.75) is 17.7 Å². The molecule has 1 saturated heterocycles. The predicted molar refractivity (Wildman–Crippen MR) is 116 cm³/mol. The summed E-state index contributed by atoms with van der Waals surface area (Å²) in [6, 6.07) is 13.8. The van der Waals surface area contributed by atoms with Gasteiger partial charge in [0, 0.05) is 24.9 Å². The largest absolute Gasteiger partial charge is 0.492 e. The first kappa shape index (κ1) is 21.1. The third kappa shape index (κ3) is 5.14. The molecule has 2 aromatic heterocycles. The number of rotatable bonds is 6. The number of furan rings is 1. The highest BCUT2D eigenvalue weighted by atomic mass is 32.2. The smallest absolute Gasteiger partial charge is 0.289 e. The fourth-order valence-electron chi connectivity index (χ4n) is 3.58. The van der Waals surface area contributed by atoms with Gasteiger partial charge < -0.3 is 14.1 Å². The second-order valence-electron chi connectivity index (χ2n) is 7.70. The van der Waals surface area contributed by atoms with Gasteiger partial charge in [0.2, 0.25) is 0 Å². The summed E-state index contributed by atoms with van der Waals surface area (Å²) in [7, 11) is -3.21. The molecule has 7 nitrogen and oxygen atoms in total. The number of nitrogens with zero attached hydrogens (tertiary/aromatic N) is 2. The van der Waals surface area contributed by atoms with Crippen LogP contribution >= 0.6 is 0 Å². The molecule has 1 aromatic carbocycles. The minimum absolute atomic E-state index is 0.0614. The summed E-state index contributed by atoms with van der Waals surface area (Å²) in [6.45, 7) is 1.95. The van der Waals surface area contributed by atoms with Gasteiger partial charge in [0.1, 0.15) is 5.75 Å². The van der Waals surface area contributed by atoms with Crippen molar-refractivity contribution >= 4 is 15.7 Å². The first-order valence-electron chi connectivity index (χ1n) is 10.1. The van der Waals surface area contributed by atoms with E-state index in [9.17, 15) is 13.2 Å². The molecule has 0 saturated carbocycles. The Morgan fingerprint density at radius 2 is 1.87 bits per heavy atom. The van der Waals surface area contributed by atoms with Gasteiger partial charge in [-0.1, -0.05) is 12.1 Å². The Morgan fingerprint density at radius 1 is 1.13 bits per heavy atom. The topological polar surface area (TPSA) is 89.7 Å². The van der Waals surface area contributed by atoms with E-state index in [1.54, 1.807) is 42.6 Å². The lowest BCUT2D eigenvalue weighted by molar-refractivity contribution is 0.0630. The highest BCUT2D eigenvalue weighted by Crippen LogP contribution is 2.23. The molecule has 162 valence electrons. The number of pyridine rings is 1. The number of piperidine rings is 1. The Balaban J connectivity index is 1.28. The third-order valence-corrected chi connectivity index (χ3v) is 6.56. The number of hydrogen-bond donors (Lipinski definition) is 0. The van der Waals surface area contributed by atoms with E-state index in [1.165, 1.54) is 12.5 Å². The van der Waals surface area contributed by atoms with Gasteiger partial charge in [0.25, 0.3) is 5.91 Å². The predicted octanol–water partition coefficient (Wildman–Crippen LogP) is 3.68. The summed E-state index contributed by atoms with van der Waals surface area (Å²) in [5.41, 5.74) is 1.59. The van der Waals surface area contributed by atoms with Crippen molar-refractivity contribution in [2.24, 2.45) is 5.92 Å². The van der Waals surface area contributed by atoms with Gasteiger partial charge >= 0.3 is 0 Å². The molecule has 1 aliphatic heterocycles. The van der Waals surface area contributed by atoms with E-state index in [0.717, 1.165) is 24.1 Å². The molecule has 3 heterocycles. The minimum Gasteiger partial charge on any atom is -0.492 e. The van der Waals surface area contributed by atoms with Gasteiger partial charge in [-0.3, -0.25) is 9.78 Å². The first-order chi connectivity index (χ1) is 14.9. The molecule has 1 aliphatic rings. The molecule has 0 N–H and O–H groups in total. The summed E-state index contributed by atoms with van der Waals surface area (Å²) in [6.07, 6.45) is 6.13. The molecule has 0 bridgehead atoms. The molecule has 0 spiro atoms. The maximum atomic E-state index is 12.3. The molecule has 0 unspecified atom stereocenters. The van der Waals surface area contributed by atoms with E-state index in [1.807, 2.05) is 17.0 Å². The van der Waals surface area contributed by atoms with Gasteiger partial charge in [-0.15, -0.1) is 0 Å². The van der Waals surface area contributed by atoms with E-state index >= 15 is 0 Å². The normalized spacial score (nSPS) is 15.1. The van der Waals surface area contributed by atoms with Crippen molar-refractivity contribution in [2.75, 3.05) is 26.0 Å². The number of amides is 1. The van der Waals surface area contributed by atoms with Crippen LogP contribution in [0.25, 0.3) is 11.3 Å². The van der Waals surface area contributed by atoms with E-state index < -0.39 is 9.84 Å². The van der Waals surface area contributed by atoms with Crippen LogP contribution in [0.4, 0.5) is 0 Å². The van der Waals surface area contributed by atoms with Crippen LogP contribution in [-0.4, -0.2) is 50.2 Å². The maximum Gasteiger partial charge on any atom is 0.289 e. The number of aromatic nitrogens is 1. The molecular formula is C23H24N2O5S. The number of carbonyl (C=O) groups excluding carboxylic acids is 1. The van der Waals surface area contributed by atoms with Gasteiger partial charge in [0.05, 0.1) is 29.7 Å². The van der Waals surface area contributed by atoms with Gasteiger partial charge in [-0.05, 0) is 55.2 Å². The third-order valence-electron chi connectivity index (χ3n) is 5.43. The standard InChI is InChI=1S/C23H24N2O5S/c1-31(27,28)20-7-4-18(5-8-20)21-9-6-19(15-24-21)30-16-17-10-12-25(13-11-17)23(26)22-3-2-14-29-22/h2-9,14-15,17H,10-13,16H2,1H3. The van der Waals surface area contributed by atoms with Crippen molar-refractivity contribution in [1.82, 2.24) is 9.88 Å². The monoisotopic (exact) mass is 440 g/mol. The Morgan fingerprint density at radius 3 is 2.45 bits per heavy atom. The van der Waals surface area contributed by atoms with Crippen LogP contribution in [0.1, 0.15) is 23.4 Å². The Bertz CT molecular complexity index is 1120. The summed E-state index contributed by atoms with van der Waals surface area (Å²) >= 11 is 0. The summed E-state index contributed by atoms with van der Waals surface area (Å²) in [5.74, 6) is 1.38. The molecule has 0 radical (unpaired) electrons. The zero-order valence-electron chi connectivity index (χ0n) is 17.2. The zero-order valence-corrected chi connectivity index (χ0v) is 18.0. The van der Waals surface area contributed by atoms with E-state index in [4.69, 9.17) is 9.15 Å². The van der Waals surface area contributed by atoms with Crippen LogP contribution in [0, 0.1) is 5.92 Å². The first-order valence-corrected chi connectivity index (χ1v) is 12.0. The van der Waals surface area contributed by atoms with Crippen LogP contribution in [0.5, 0.6) is 5.75 Å². The molecule has 3 aromatic rings. The van der Waals surface area contributed by atoms with E-state index in [2.05, 4.69) is 4.98 Å². The number of carbonyl (C=O) groups is 1. The van der Waals surface area contributed by atoms with Crippen LogP contribution < -0.4 is 4.74 Å². The van der Waals surface area contributed by atoms with Gasteiger partial charge in [-0.2, -0.15) is 0 Å². The van der Waals surface area contributed by atoms with Crippen LogP contribution in [0.15, 0.2) is 70.3 Å². The Kier molecular flexibility index (Phi) is 6.08. The van der Waals surface area contributed by atoms with E-state index in [-0.39, 0.29) is 10.8 Å². The summed E-state index contributed by atoms with van der Waals surface area (Å²) < 4.78 is 34.3.